The van der Waals surface area contributed by atoms with Gasteiger partial charge in [-0.05, 0) is 37.3 Å². The Kier molecular flexibility index (Phi) is 8.30. The van der Waals surface area contributed by atoms with E-state index in [1.165, 1.54) is 25.0 Å². The van der Waals surface area contributed by atoms with Crippen molar-refractivity contribution in [1.29, 1.82) is 0 Å². The van der Waals surface area contributed by atoms with Crippen molar-refractivity contribution in [3.63, 3.8) is 0 Å². The molecule has 0 atom stereocenters. The summed E-state index contributed by atoms with van der Waals surface area (Å²) in [6, 6.07) is 5.86. The number of rotatable bonds is 10. The molecule has 0 spiro atoms. The summed E-state index contributed by atoms with van der Waals surface area (Å²) >= 11 is 1.91. The molecule has 0 heterocycles. The third-order valence-electron chi connectivity index (χ3n) is 2.76. The lowest BCUT2D eigenvalue weighted by Gasteiger charge is -2.11. The van der Waals surface area contributed by atoms with Gasteiger partial charge in [-0.1, -0.05) is 13.3 Å². The fraction of sp³-hybridized carbons (Fsp3) is 0.600. The van der Waals surface area contributed by atoms with Gasteiger partial charge in [0.15, 0.2) is 0 Å². The molecular formula is C15H26N2OS. The van der Waals surface area contributed by atoms with Crippen LogP contribution in [0.4, 0.5) is 11.4 Å². The van der Waals surface area contributed by atoms with Gasteiger partial charge < -0.3 is 15.8 Å². The lowest BCUT2D eigenvalue weighted by Crippen LogP contribution is -2.03. The highest BCUT2D eigenvalue weighted by molar-refractivity contribution is 7.98. The number of unbranched alkanes of at least 4 members (excludes halogenated alkanes) is 2. The Labute approximate surface area is 121 Å². The summed E-state index contributed by atoms with van der Waals surface area (Å²) in [5, 5.41) is 3.41. The van der Waals surface area contributed by atoms with Crippen molar-refractivity contribution >= 4 is 23.1 Å². The van der Waals surface area contributed by atoms with E-state index in [1.54, 1.807) is 0 Å². The number of benzene rings is 1. The van der Waals surface area contributed by atoms with E-state index in [-0.39, 0.29) is 0 Å². The molecule has 0 bridgehead atoms. The van der Waals surface area contributed by atoms with Gasteiger partial charge in [0.05, 0.1) is 6.61 Å². The van der Waals surface area contributed by atoms with Crippen molar-refractivity contribution < 1.29 is 4.74 Å². The molecule has 1 aromatic rings. The first kappa shape index (κ1) is 16.0. The molecule has 0 aliphatic heterocycles. The molecule has 0 aromatic heterocycles. The molecule has 1 aromatic carbocycles. The molecule has 0 aliphatic carbocycles. The van der Waals surface area contributed by atoms with Gasteiger partial charge in [-0.3, -0.25) is 0 Å². The topological polar surface area (TPSA) is 47.3 Å². The van der Waals surface area contributed by atoms with Gasteiger partial charge in [0.2, 0.25) is 0 Å². The van der Waals surface area contributed by atoms with Crippen LogP contribution in [-0.2, 0) is 0 Å². The number of anilines is 2. The number of hydrogen-bond donors (Lipinski definition) is 2. The molecule has 0 aliphatic rings. The zero-order chi connectivity index (χ0) is 13.9. The monoisotopic (exact) mass is 282 g/mol. The second kappa shape index (κ2) is 9.84. The molecule has 4 heteroatoms. The number of nitrogen functional groups attached to an aromatic ring is 1. The number of nitrogens with two attached hydrogens (primary N) is 1. The predicted octanol–water partition coefficient (Wildman–Crippen LogP) is 4.00. The van der Waals surface area contributed by atoms with Gasteiger partial charge in [0.25, 0.3) is 0 Å². The van der Waals surface area contributed by atoms with Gasteiger partial charge >= 0.3 is 0 Å². The van der Waals surface area contributed by atoms with Crippen molar-refractivity contribution in [3.05, 3.63) is 18.2 Å². The zero-order valence-corrected chi connectivity index (χ0v) is 12.9. The van der Waals surface area contributed by atoms with E-state index >= 15 is 0 Å². The smallest absolute Gasteiger partial charge is 0.123 e. The average molecular weight is 282 g/mol. The molecule has 0 saturated carbocycles. The van der Waals surface area contributed by atoms with E-state index in [2.05, 4.69) is 18.5 Å². The molecule has 19 heavy (non-hydrogen) atoms. The lowest BCUT2D eigenvalue weighted by molar-refractivity contribution is 0.318. The standard InChI is InChI=1S/C15H26N2OS/c1-3-8-18-15-11-13(16)10-14(12-15)17-7-5-4-6-9-19-2/h10-12,17H,3-9,16H2,1-2H3. The highest BCUT2D eigenvalue weighted by Gasteiger charge is 2.00. The van der Waals surface area contributed by atoms with Crippen LogP contribution in [0.15, 0.2) is 18.2 Å². The lowest BCUT2D eigenvalue weighted by atomic mass is 10.2. The minimum atomic E-state index is 0.734. The van der Waals surface area contributed by atoms with Crippen LogP contribution in [0.3, 0.4) is 0 Å². The number of nitrogens with one attached hydrogen (secondary N) is 1. The van der Waals surface area contributed by atoms with Crippen LogP contribution >= 0.6 is 11.8 Å². The van der Waals surface area contributed by atoms with Crippen molar-refractivity contribution in [2.24, 2.45) is 0 Å². The number of ether oxygens (including phenoxy) is 1. The summed E-state index contributed by atoms with van der Waals surface area (Å²) in [5.74, 6) is 2.11. The maximum absolute atomic E-state index is 5.88. The number of thioether (sulfide) groups is 1. The molecule has 0 fully saturated rings. The van der Waals surface area contributed by atoms with Crippen LogP contribution in [0.5, 0.6) is 5.75 Å². The van der Waals surface area contributed by atoms with Crippen LogP contribution < -0.4 is 15.8 Å². The van der Waals surface area contributed by atoms with E-state index in [0.717, 1.165) is 36.7 Å². The molecule has 108 valence electrons. The van der Waals surface area contributed by atoms with E-state index in [9.17, 15) is 0 Å². The first-order valence-corrected chi connectivity index (χ1v) is 8.41. The van der Waals surface area contributed by atoms with Crippen LogP contribution in [-0.4, -0.2) is 25.2 Å². The summed E-state index contributed by atoms with van der Waals surface area (Å²) in [5.41, 5.74) is 7.68. The van der Waals surface area contributed by atoms with Crippen LogP contribution in [0.2, 0.25) is 0 Å². The van der Waals surface area contributed by atoms with Crippen molar-refractivity contribution in [3.8, 4) is 5.75 Å². The molecule has 0 saturated heterocycles. The van der Waals surface area contributed by atoms with Crippen molar-refractivity contribution in [1.82, 2.24) is 0 Å². The second-order valence-electron chi connectivity index (χ2n) is 4.62. The Hall–Kier alpha value is -1.03. The minimum absolute atomic E-state index is 0.734. The number of hydrogen-bond acceptors (Lipinski definition) is 4. The normalized spacial score (nSPS) is 10.4. The largest absolute Gasteiger partial charge is 0.493 e. The molecule has 0 amide bonds. The molecule has 0 radical (unpaired) electrons. The Bertz CT molecular complexity index is 358. The van der Waals surface area contributed by atoms with Gasteiger partial charge in [0.1, 0.15) is 5.75 Å². The van der Waals surface area contributed by atoms with E-state index in [0.29, 0.717) is 0 Å². The molecule has 3 N–H and O–H groups in total. The fourth-order valence-electron chi connectivity index (χ4n) is 1.81. The molecule has 3 nitrogen and oxygen atoms in total. The summed E-state index contributed by atoms with van der Waals surface area (Å²) < 4.78 is 5.61. The van der Waals surface area contributed by atoms with E-state index in [1.807, 2.05) is 30.0 Å². The Morgan fingerprint density at radius 2 is 2.05 bits per heavy atom. The average Bonchev–Trinajstić information content (AvgIpc) is 2.40. The summed E-state index contributed by atoms with van der Waals surface area (Å²) in [7, 11) is 0. The SMILES string of the molecule is CCCOc1cc(N)cc(NCCCCCSC)c1. The maximum Gasteiger partial charge on any atom is 0.123 e. The molecular weight excluding hydrogens is 256 g/mol. The van der Waals surface area contributed by atoms with Gasteiger partial charge in [-0.15, -0.1) is 0 Å². The van der Waals surface area contributed by atoms with E-state index < -0.39 is 0 Å². The van der Waals surface area contributed by atoms with Crippen molar-refractivity contribution in [2.45, 2.75) is 32.6 Å². The minimum Gasteiger partial charge on any atom is -0.493 e. The second-order valence-corrected chi connectivity index (χ2v) is 5.61. The first-order chi connectivity index (χ1) is 9.26. The Morgan fingerprint density at radius 3 is 2.79 bits per heavy atom. The zero-order valence-electron chi connectivity index (χ0n) is 12.1. The molecule has 1 rings (SSSR count). The van der Waals surface area contributed by atoms with Gasteiger partial charge in [-0.25, -0.2) is 0 Å². The third-order valence-corrected chi connectivity index (χ3v) is 3.45. The highest BCUT2D eigenvalue weighted by Crippen LogP contribution is 2.22. The Balaban J connectivity index is 2.34. The fourth-order valence-corrected chi connectivity index (χ4v) is 2.30. The Morgan fingerprint density at radius 1 is 1.21 bits per heavy atom. The predicted molar refractivity (Wildman–Crippen MR) is 87.4 cm³/mol. The third kappa shape index (κ3) is 7.21. The van der Waals surface area contributed by atoms with Gasteiger partial charge in [-0.2, -0.15) is 11.8 Å². The van der Waals surface area contributed by atoms with E-state index in [4.69, 9.17) is 10.5 Å². The van der Waals surface area contributed by atoms with Crippen LogP contribution in [0, 0.1) is 0 Å². The summed E-state index contributed by atoms with van der Waals surface area (Å²) in [6.07, 6.45) is 6.93. The van der Waals surface area contributed by atoms with Crippen LogP contribution in [0.1, 0.15) is 32.6 Å². The quantitative estimate of drug-likeness (QED) is 0.503. The maximum atomic E-state index is 5.88. The first-order valence-electron chi connectivity index (χ1n) is 7.02. The summed E-state index contributed by atoms with van der Waals surface area (Å²) in [6.45, 7) is 3.82. The van der Waals surface area contributed by atoms with Crippen LogP contribution in [0.25, 0.3) is 0 Å². The van der Waals surface area contributed by atoms with Crippen molar-refractivity contribution in [2.75, 3.05) is 36.2 Å². The van der Waals surface area contributed by atoms with Gasteiger partial charge in [0, 0.05) is 30.1 Å². The summed E-state index contributed by atoms with van der Waals surface area (Å²) in [4.78, 5) is 0. The molecule has 0 unspecified atom stereocenters. The highest BCUT2D eigenvalue weighted by atomic mass is 32.2.